The number of methoxy groups -OCH3 is 1. The molecular formula is C15H16N2O. The van der Waals surface area contributed by atoms with Crippen molar-refractivity contribution in [3.05, 3.63) is 53.6 Å². The molecule has 3 rings (SSSR count). The largest absolute Gasteiger partial charge is 0.481 e. The summed E-state index contributed by atoms with van der Waals surface area (Å²) in [4.78, 5) is 4.38. The van der Waals surface area contributed by atoms with E-state index in [0.29, 0.717) is 11.9 Å². The Hall–Kier alpha value is -2.03. The molecule has 2 aromatic rings. The Balaban J connectivity index is 1.72. The zero-order chi connectivity index (χ0) is 12.4. The quantitative estimate of drug-likeness (QED) is 0.895. The van der Waals surface area contributed by atoms with Crippen LogP contribution in [0.3, 0.4) is 0 Å². The minimum Gasteiger partial charge on any atom is -0.481 e. The Morgan fingerprint density at radius 3 is 2.44 bits per heavy atom. The highest BCUT2D eigenvalue weighted by atomic mass is 16.5. The minimum atomic E-state index is 0.432. The number of nitrogens with zero attached hydrogens (tertiary/aromatic N) is 1. The van der Waals surface area contributed by atoms with E-state index in [1.165, 1.54) is 11.1 Å². The summed E-state index contributed by atoms with van der Waals surface area (Å²) in [5.74, 6) is 1.53. The highest BCUT2D eigenvalue weighted by Crippen LogP contribution is 2.24. The van der Waals surface area contributed by atoms with Gasteiger partial charge in [-0.05, 0) is 30.0 Å². The number of hydrogen-bond acceptors (Lipinski definition) is 3. The van der Waals surface area contributed by atoms with E-state index in [4.69, 9.17) is 4.74 Å². The van der Waals surface area contributed by atoms with Crippen LogP contribution in [0.25, 0.3) is 0 Å². The van der Waals surface area contributed by atoms with E-state index in [0.717, 1.165) is 18.7 Å². The van der Waals surface area contributed by atoms with Crippen LogP contribution in [0, 0.1) is 0 Å². The average molecular weight is 240 g/mol. The summed E-state index contributed by atoms with van der Waals surface area (Å²) in [6, 6.07) is 14.8. The van der Waals surface area contributed by atoms with Gasteiger partial charge in [0.15, 0.2) is 0 Å². The molecule has 3 nitrogen and oxygen atoms in total. The molecule has 1 heterocycles. The smallest absolute Gasteiger partial charge is 0.214 e. The van der Waals surface area contributed by atoms with Gasteiger partial charge < -0.3 is 10.1 Å². The minimum absolute atomic E-state index is 0.432. The number of nitrogens with one attached hydrogen (secondary N) is 1. The van der Waals surface area contributed by atoms with Crippen LogP contribution in [0.4, 0.5) is 5.82 Å². The molecule has 18 heavy (non-hydrogen) atoms. The highest BCUT2D eigenvalue weighted by Gasteiger charge is 2.20. The van der Waals surface area contributed by atoms with Crippen molar-refractivity contribution in [2.45, 2.75) is 18.9 Å². The fourth-order valence-corrected chi connectivity index (χ4v) is 2.48. The Kier molecular flexibility index (Phi) is 2.89. The first-order valence-electron chi connectivity index (χ1n) is 6.19. The van der Waals surface area contributed by atoms with Gasteiger partial charge in [-0.3, -0.25) is 0 Å². The van der Waals surface area contributed by atoms with Crippen LogP contribution in [0.15, 0.2) is 42.5 Å². The maximum atomic E-state index is 5.13. The SMILES string of the molecule is COc1cccc(NC2Cc3ccccc3C2)n1. The Labute approximate surface area is 107 Å². The molecule has 1 N–H and O–H groups in total. The molecule has 0 saturated carbocycles. The summed E-state index contributed by atoms with van der Waals surface area (Å²) in [7, 11) is 1.64. The Morgan fingerprint density at radius 1 is 1.06 bits per heavy atom. The van der Waals surface area contributed by atoms with Gasteiger partial charge in [-0.1, -0.05) is 30.3 Å². The van der Waals surface area contributed by atoms with E-state index in [1.54, 1.807) is 7.11 Å². The molecule has 0 aliphatic heterocycles. The van der Waals surface area contributed by atoms with Gasteiger partial charge in [0.1, 0.15) is 5.82 Å². The second-order valence-electron chi connectivity index (χ2n) is 4.58. The lowest BCUT2D eigenvalue weighted by Crippen LogP contribution is -2.20. The van der Waals surface area contributed by atoms with E-state index in [-0.39, 0.29) is 0 Å². The van der Waals surface area contributed by atoms with Gasteiger partial charge >= 0.3 is 0 Å². The van der Waals surface area contributed by atoms with Crippen LogP contribution in [0.2, 0.25) is 0 Å². The molecule has 1 aliphatic carbocycles. The maximum Gasteiger partial charge on any atom is 0.214 e. The second-order valence-corrected chi connectivity index (χ2v) is 4.58. The lowest BCUT2D eigenvalue weighted by Gasteiger charge is -2.13. The van der Waals surface area contributed by atoms with Crippen molar-refractivity contribution < 1.29 is 4.74 Å². The van der Waals surface area contributed by atoms with Crippen molar-refractivity contribution in [2.75, 3.05) is 12.4 Å². The zero-order valence-corrected chi connectivity index (χ0v) is 10.4. The Bertz CT molecular complexity index is 529. The molecule has 0 radical (unpaired) electrons. The first-order chi connectivity index (χ1) is 8.85. The van der Waals surface area contributed by atoms with E-state index >= 15 is 0 Å². The summed E-state index contributed by atoms with van der Waals surface area (Å²) < 4.78 is 5.13. The van der Waals surface area contributed by atoms with Gasteiger partial charge in [0.2, 0.25) is 5.88 Å². The molecule has 1 aromatic carbocycles. The number of aromatic nitrogens is 1. The van der Waals surface area contributed by atoms with Gasteiger partial charge in [-0.2, -0.15) is 4.98 Å². The predicted octanol–water partition coefficient (Wildman–Crippen LogP) is 2.67. The van der Waals surface area contributed by atoms with E-state index in [2.05, 4.69) is 34.6 Å². The van der Waals surface area contributed by atoms with Crippen molar-refractivity contribution in [3.63, 3.8) is 0 Å². The normalized spacial score (nSPS) is 14.3. The molecule has 1 aromatic heterocycles. The first kappa shape index (κ1) is 11.1. The fourth-order valence-electron chi connectivity index (χ4n) is 2.48. The number of ether oxygens (including phenoxy) is 1. The molecule has 0 saturated heterocycles. The van der Waals surface area contributed by atoms with E-state index < -0.39 is 0 Å². The van der Waals surface area contributed by atoms with Crippen LogP contribution in [-0.2, 0) is 12.8 Å². The highest BCUT2D eigenvalue weighted by molar-refractivity contribution is 5.42. The van der Waals surface area contributed by atoms with Crippen LogP contribution in [0.1, 0.15) is 11.1 Å². The van der Waals surface area contributed by atoms with Crippen LogP contribution in [-0.4, -0.2) is 18.1 Å². The van der Waals surface area contributed by atoms with Gasteiger partial charge in [0.05, 0.1) is 7.11 Å². The predicted molar refractivity (Wildman–Crippen MR) is 72.0 cm³/mol. The molecule has 92 valence electrons. The van der Waals surface area contributed by atoms with Gasteiger partial charge in [-0.15, -0.1) is 0 Å². The molecule has 0 amide bonds. The van der Waals surface area contributed by atoms with Crippen molar-refractivity contribution in [2.24, 2.45) is 0 Å². The summed E-state index contributed by atoms with van der Waals surface area (Å²) in [5, 5.41) is 3.47. The summed E-state index contributed by atoms with van der Waals surface area (Å²) in [6.07, 6.45) is 2.13. The van der Waals surface area contributed by atoms with E-state index in [1.807, 2.05) is 18.2 Å². The van der Waals surface area contributed by atoms with Crippen LogP contribution < -0.4 is 10.1 Å². The third-order valence-corrected chi connectivity index (χ3v) is 3.34. The first-order valence-corrected chi connectivity index (χ1v) is 6.19. The fraction of sp³-hybridized carbons (Fsp3) is 0.267. The zero-order valence-electron chi connectivity index (χ0n) is 10.4. The molecule has 1 aliphatic rings. The van der Waals surface area contributed by atoms with E-state index in [9.17, 15) is 0 Å². The van der Waals surface area contributed by atoms with Crippen molar-refractivity contribution in [3.8, 4) is 5.88 Å². The third-order valence-electron chi connectivity index (χ3n) is 3.34. The summed E-state index contributed by atoms with van der Waals surface area (Å²) >= 11 is 0. The van der Waals surface area contributed by atoms with Gasteiger partial charge in [0.25, 0.3) is 0 Å². The standard InChI is InChI=1S/C15H16N2O/c1-18-15-8-4-7-14(17-15)16-13-9-11-5-2-3-6-12(11)10-13/h2-8,13H,9-10H2,1H3,(H,16,17). The molecule has 0 atom stereocenters. The molecule has 0 bridgehead atoms. The molecule has 3 heteroatoms. The van der Waals surface area contributed by atoms with Crippen molar-refractivity contribution >= 4 is 5.82 Å². The lowest BCUT2D eigenvalue weighted by molar-refractivity contribution is 0.398. The number of anilines is 1. The number of hydrogen-bond donors (Lipinski definition) is 1. The molecule has 0 unspecified atom stereocenters. The van der Waals surface area contributed by atoms with Gasteiger partial charge in [-0.25, -0.2) is 0 Å². The maximum absolute atomic E-state index is 5.13. The number of pyridine rings is 1. The molecular weight excluding hydrogens is 224 g/mol. The number of fused-ring (bicyclic) bond motifs is 1. The molecule has 0 spiro atoms. The second kappa shape index (κ2) is 4.69. The van der Waals surface area contributed by atoms with Gasteiger partial charge in [0, 0.05) is 12.1 Å². The summed E-state index contributed by atoms with van der Waals surface area (Å²) in [6.45, 7) is 0. The summed E-state index contributed by atoms with van der Waals surface area (Å²) in [5.41, 5.74) is 2.88. The van der Waals surface area contributed by atoms with Crippen molar-refractivity contribution in [1.82, 2.24) is 4.98 Å². The van der Waals surface area contributed by atoms with Crippen molar-refractivity contribution in [1.29, 1.82) is 0 Å². The topological polar surface area (TPSA) is 34.1 Å². The number of rotatable bonds is 3. The number of benzene rings is 1. The van der Waals surface area contributed by atoms with Crippen LogP contribution in [0.5, 0.6) is 5.88 Å². The average Bonchev–Trinajstić information content (AvgIpc) is 2.81. The molecule has 0 fully saturated rings. The Morgan fingerprint density at radius 2 is 1.78 bits per heavy atom. The third kappa shape index (κ3) is 2.16. The van der Waals surface area contributed by atoms with Crippen LogP contribution >= 0.6 is 0 Å². The monoisotopic (exact) mass is 240 g/mol. The lowest BCUT2D eigenvalue weighted by atomic mass is 10.1.